The van der Waals surface area contributed by atoms with E-state index in [4.69, 9.17) is 0 Å². The average molecular weight is 322 g/mol. The Bertz CT molecular complexity index is 636. The highest BCUT2D eigenvalue weighted by Crippen LogP contribution is 2.56. The minimum Gasteiger partial charge on any atom is -0.311 e. The SMILES string of the molecule is CN1C2=NSSC2=C(c2ccccc2)C2=C1[N]SS2. The van der Waals surface area contributed by atoms with Crippen LogP contribution in [0.2, 0.25) is 0 Å². The number of allylic oxidation sites excluding steroid dienone is 1. The zero-order valence-electron chi connectivity index (χ0n) is 9.86. The van der Waals surface area contributed by atoms with Gasteiger partial charge in [-0.1, -0.05) is 30.3 Å². The first-order chi connectivity index (χ1) is 9.36. The number of likely N-dealkylation sites (N-methyl/N-ethyl adjacent to an activating group) is 1. The molecule has 0 N–H and O–H groups in total. The van der Waals surface area contributed by atoms with Crippen LogP contribution in [0.5, 0.6) is 0 Å². The third-order valence-electron chi connectivity index (χ3n) is 3.05. The Balaban J connectivity index is 1.96. The van der Waals surface area contributed by atoms with Crippen molar-refractivity contribution in [3.05, 3.63) is 51.5 Å². The number of hydrogen-bond donors (Lipinski definition) is 0. The first-order valence-corrected chi connectivity index (χ1v) is 9.82. The van der Waals surface area contributed by atoms with E-state index in [0.717, 1.165) is 11.7 Å². The Morgan fingerprint density at radius 2 is 1.79 bits per heavy atom. The van der Waals surface area contributed by atoms with Crippen molar-refractivity contribution in [1.82, 2.24) is 9.62 Å². The van der Waals surface area contributed by atoms with Gasteiger partial charge in [0.1, 0.15) is 0 Å². The third kappa shape index (κ3) is 1.83. The van der Waals surface area contributed by atoms with Crippen LogP contribution >= 0.6 is 43.5 Å². The van der Waals surface area contributed by atoms with Gasteiger partial charge >= 0.3 is 0 Å². The van der Waals surface area contributed by atoms with Gasteiger partial charge in [-0.2, -0.15) is 9.12 Å². The van der Waals surface area contributed by atoms with E-state index in [1.165, 1.54) is 20.9 Å². The van der Waals surface area contributed by atoms with Crippen molar-refractivity contribution in [3.63, 3.8) is 0 Å². The fourth-order valence-electron chi connectivity index (χ4n) is 2.14. The zero-order chi connectivity index (χ0) is 12.8. The Morgan fingerprint density at radius 1 is 1.00 bits per heavy atom. The summed E-state index contributed by atoms with van der Waals surface area (Å²) in [6.07, 6.45) is 0. The molecule has 0 unspecified atom stereocenters. The number of fused-ring (bicyclic) bond motifs is 1. The monoisotopic (exact) mass is 322 g/mol. The number of rotatable bonds is 1. The number of benzene rings is 1. The summed E-state index contributed by atoms with van der Waals surface area (Å²) in [7, 11) is 8.59. The van der Waals surface area contributed by atoms with Gasteiger partial charge in [0.05, 0.1) is 31.8 Å². The normalized spacial score (nSPS) is 21.3. The van der Waals surface area contributed by atoms with Gasteiger partial charge in [0, 0.05) is 12.6 Å². The smallest absolute Gasteiger partial charge is 0.158 e. The second-order valence-electron chi connectivity index (χ2n) is 4.10. The minimum atomic E-state index is 1.03. The Labute approximate surface area is 127 Å². The predicted octanol–water partition coefficient (Wildman–Crippen LogP) is 4.14. The molecule has 0 bridgehead atoms. The lowest BCUT2D eigenvalue weighted by atomic mass is 10.0. The summed E-state index contributed by atoms with van der Waals surface area (Å²) in [5.41, 5.74) is 2.52. The van der Waals surface area contributed by atoms with E-state index >= 15 is 0 Å². The van der Waals surface area contributed by atoms with E-state index in [0.29, 0.717) is 0 Å². The summed E-state index contributed by atoms with van der Waals surface area (Å²) in [6.45, 7) is 0. The summed E-state index contributed by atoms with van der Waals surface area (Å²) in [5.74, 6) is 2.05. The molecule has 1 radical (unpaired) electrons. The molecule has 3 aliphatic heterocycles. The molecular formula is C12H8N3S4. The summed E-state index contributed by atoms with van der Waals surface area (Å²) in [6, 6.07) is 10.5. The lowest BCUT2D eigenvalue weighted by Crippen LogP contribution is -2.31. The van der Waals surface area contributed by atoms with Gasteiger partial charge in [0.2, 0.25) is 0 Å². The molecule has 0 aromatic heterocycles. The summed E-state index contributed by atoms with van der Waals surface area (Å²) in [4.78, 5) is 4.60. The van der Waals surface area contributed by atoms with E-state index in [1.807, 2.05) is 13.1 Å². The third-order valence-corrected chi connectivity index (χ3v) is 6.69. The maximum Gasteiger partial charge on any atom is 0.158 e. The van der Waals surface area contributed by atoms with E-state index in [-0.39, 0.29) is 0 Å². The van der Waals surface area contributed by atoms with Gasteiger partial charge in [-0.3, -0.25) is 0 Å². The first kappa shape index (κ1) is 12.1. The zero-order valence-corrected chi connectivity index (χ0v) is 13.1. The van der Waals surface area contributed by atoms with E-state index in [9.17, 15) is 0 Å². The molecule has 0 saturated carbocycles. The molecule has 7 heteroatoms. The van der Waals surface area contributed by atoms with Crippen molar-refractivity contribution in [2.75, 3.05) is 7.05 Å². The topological polar surface area (TPSA) is 29.7 Å². The van der Waals surface area contributed by atoms with Crippen molar-refractivity contribution in [2.24, 2.45) is 4.40 Å². The molecule has 0 atom stereocenters. The van der Waals surface area contributed by atoms with Crippen LogP contribution in [0.4, 0.5) is 0 Å². The van der Waals surface area contributed by atoms with Gasteiger partial charge in [-0.15, -0.1) is 0 Å². The van der Waals surface area contributed by atoms with Gasteiger partial charge in [-0.25, -0.2) is 0 Å². The Hall–Kier alpha value is -0.630. The standard InChI is InChI=1S/C12H8N3S4/c1-15-11-9(16-18-13-11)8(7-5-3-2-4-6-7)10-12(15)14-19-17-10/h2-6H,1H3. The first-order valence-electron chi connectivity index (χ1n) is 5.61. The average Bonchev–Trinajstić information content (AvgIpc) is 3.09. The van der Waals surface area contributed by atoms with Crippen molar-refractivity contribution >= 4 is 55.0 Å². The van der Waals surface area contributed by atoms with Gasteiger partial charge < -0.3 is 4.90 Å². The molecule has 0 spiro atoms. The summed E-state index contributed by atoms with van der Waals surface area (Å²) < 4.78 is 9.05. The quantitative estimate of drug-likeness (QED) is 0.573. The maximum atomic E-state index is 4.53. The lowest BCUT2D eigenvalue weighted by molar-refractivity contribution is 0.601. The molecule has 3 aliphatic rings. The van der Waals surface area contributed by atoms with Crippen LogP contribution in [-0.4, -0.2) is 17.8 Å². The molecule has 0 amide bonds. The molecule has 0 fully saturated rings. The second kappa shape index (κ2) is 4.73. The van der Waals surface area contributed by atoms with Crippen LogP contribution in [-0.2, 0) is 0 Å². The van der Waals surface area contributed by atoms with Crippen molar-refractivity contribution in [3.8, 4) is 0 Å². The molecule has 4 rings (SSSR count). The van der Waals surface area contributed by atoms with E-state index < -0.39 is 0 Å². The molecule has 3 nitrogen and oxygen atoms in total. The highest BCUT2D eigenvalue weighted by atomic mass is 33.1. The number of amidine groups is 1. The van der Waals surface area contributed by atoms with Crippen LogP contribution in [0.15, 0.2) is 50.4 Å². The van der Waals surface area contributed by atoms with Crippen molar-refractivity contribution in [1.29, 1.82) is 0 Å². The second-order valence-corrected chi connectivity index (χ2v) is 7.81. The summed E-state index contributed by atoms with van der Waals surface area (Å²) >= 11 is 0. The van der Waals surface area contributed by atoms with Gasteiger partial charge in [-0.05, 0) is 27.2 Å². The van der Waals surface area contributed by atoms with E-state index in [1.54, 1.807) is 43.5 Å². The molecule has 0 saturated heterocycles. The van der Waals surface area contributed by atoms with Crippen LogP contribution in [0.1, 0.15) is 5.56 Å². The maximum absolute atomic E-state index is 4.53. The molecular weight excluding hydrogens is 314 g/mol. The van der Waals surface area contributed by atoms with Crippen LogP contribution in [0.3, 0.4) is 0 Å². The minimum absolute atomic E-state index is 1.03. The Morgan fingerprint density at radius 3 is 2.63 bits per heavy atom. The molecule has 1 aromatic carbocycles. The van der Waals surface area contributed by atoms with Crippen LogP contribution < -0.4 is 4.72 Å². The lowest BCUT2D eigenvalue weighted by Gasteiger charge is -2.26. The fraction of sp³-hybridized carbons (Fsp3) is 0.0833. The van der Waals surface area contributed by atoms with Gasteiger partial charge in [0.25, 0.3) is 0 Å². The van der Waals surface area contributed by atoms with Crippen LogP contribution in [0.25, 0.3) is 5.57 Å². The molecule has 0 aliphatic carbocycles. The largest absolute Gasteiger partial charge is 0.311 e. The van der Waals surface area contributed by atoms with Crippen molar-refractivity contribution in [2.45, 2.75) is 0 Å². The Kier molecular flexibility index (Phi) is 3.02. The predicted molar refractivity (Wildman–Crippen MR) is 88.1 cm³/mol. The fourth-order valence-corrected chi connectivity index (χ4v) is 6.28. The van der Waals surface area contributed by atoms with Crippen LogP contribution in [0, 0.1) is 0 Å². The molecule has 19 heavy (non-hydrogen) atoms. The van der Waals surface area contributed by atoms with Gasteiger partial charge in [0.15, 0.2) is 11.7 Å². The van der Waals surface area contributed by atoms with Crippen molar-refractivity contribution < 1.29 is 0 Å². The molecule has 95 valence electrons. The summed E-state index contributed by atoms with van der Waals surface area (Å²) in [5, 5.41) is 0. The number of nitrogens with zero attached hydrogens (tertiary/aromatic N) is 3. The molecule has 1 aromatic rings. The highest BCUT2D eigenvalue weighted by molar-refractivity contribution is 8.79. The van der Waals surface area contributed by atoms with E-state index in [2.05, 4.69) is 38.3 Å². The number of hydrogen-bond acceptors (Lipinski definition) is 6. The molecule has 3 heterocycles. The highest BCUT2D eigenvalue weighted by Gasteiger charge is 2.38.